The van der Waals surface area contributed by atoms with Crippen LogP contribution < -0.4 is 0 Å². The summed E-state index contributed by atoms with van der Waals surface area (Å²) in [5, 5.41) is 0. The molecule has 1 fully saturated rings. The van der Waals surface area contributed by atoms with Crippen LogP contribution in [0.25, 0.3) is 0 Å². The maximum Gasteiger partial charge on any atom is 0.123 e. The molecule has 1 saturated heterocycles. The Bertz CT molecular complexity index is 336. The molecule has 0 radical (unpaired) electrons. The van der Waals surface area contributed by atoms with Crippen LogP contribution in [0.5, 0.6) is 0 Å². The molecule has 2 unspecified atom stereocenters. The lowest BCUT2D eigenvalue weighted by Gasteiger charge is -2.18. The van der Waals surface area contributed by atoms with Crippen LogP contribution in [0.4, 0.5) is 4.39 Å². The van der Waals surface area contributed by atoms with Crippen LogP contribution in [0.1, 0.15) is 24.5 Å². The second-order valence-electron chi connectivity index (χ2n) is 4.16. The largest absolute Gasteiger partial charge is 0.376 e. The van der Waals surface area contributed by atoms with Crippen molar-refractivity contribution in [3.8, 4) is 0 Å². The van der Waals surface area contributed by atoms with Gasteiger partial charge < -0.3 is 9.47 Å². The third-order valence-corrected chi connectivity index (χ3v) is 3.69. The van der Waals surface area contributed by atoms with Crippen molar-refractivity contribution in [3.63, 3.8) is 0 Å². The van der Waals surface area contributed by atoms with Gasteiger partial charge in [0.25, 0.3) is 0 Å². The monoisotopic (exact) mass is 350 g/mol. The van der Waals surface area contributed by atoms with Crippen molar-refractivity contribution in [1.29, 1.82) is 0 Å². The van der Waals surface area contributed by atoms with Gasteiger partial charge in [-0.15, -0.1) is 0 Å². The number of rotatable bonds is 5. The quantitative estimate of drug-likeness (QED) is 0.598. The van der Waals surface area contributed by atoms with Gasteiger partial charge in [-0.3, -0.25) is 0 Å². The number of alkyl halides is 1. The van der Waals surface area contributed by atoms with Crippen molar-refractivity contribution in [3.05, 3.63) is 35.6 Å². The highest BCUT2D eigenvalue weighted by atomic mass is 127. The highest BCUT2D eigenvalue weighted by molar-refractivity contribution is 14.1. The average molecular weight is 350 g/mol. The minimum atomic E-state index is -0.208. The van der Waals surface area contributed by atoms with Gasteiger partial charge in [0.2, 0.25) is 0 Å². The molecule has 2 nitrogen and oxygen atoms in total. The van der Waals surface area contributed by atoms with Gasteiger partial charge in [-0.05, 0) is 30.5 Å². The summed E-state index contributed by atoms with van der Waals surface area (Å²) >= 11 is 2.29. The van der Waals surface area contributed by atoms with E-state index in [1.807, 2.05) is 0 Å². The van der Waals surface area contributed by atoms with Crippen LogP contribution in [0.3, 0.4) is 0 Å². The summed E-state index contributed by atoms with van der Waals surface area (Å²) in [7, 11) is 0. The minimum Gasteiger partial charge on any atom is -0.376 e. The number of halogens is 2. The molecule has 1 aromatic carbocycles. The van der Waals surface area contributed by atoms with Gasteiger partial charge in [0.05, 0.1) is 18.8 Å². The second kappa shape index (κ2) is 6.66. The van der Waals surface area contributed by atoms with E-state index >= 15 is 0 Å². The van der Waals surface area contributed by atoms with Crippen LogP contribution in [0.2, 0.25) is 0 Å². The summed E-state index contributed by atoms with van der Waals surface area (Å²) in [5.74, 6) is -0.208. The molecule has 0 amide bonds. The minimum absolute atomic E-state index is 0.0281. The van der Waals surface area contributed by atoms with E-state index in [0.29, 0.717) is 6.61 Å². The molecule has 1 heterocycles. The molecule has 2 atom stereocenters. The molecule has 0 saturated carbocycles. The van der Waals surface area contributed by atoms with Gasteiger partial charge >= 0.3 is 0 Å². The maximum atomic E-state index is 12.8. The van der Waals surface area contributed by atoms with E-state index < -0.39 is 0 Å². The van der Waals surface area contributed by atoms with Gasteiger partial charge in [0.1, 0.15) is 5.82 Å². The van der Waals surface area contributed by atoms with E-state index in [4.69, 9.17) is 9.47 Å². The molecular formula is C13H16FIO2. The lowest BCUT2D eigenvalue weighted by Crippen LogP contribution is -2.17. The fourth-order valence-corrected chi connectivity index (χ4v) is 2.67. The van der Waals surface area contributed by atoms with E-state index in [2.05, 4.69) is 22.6 Å². The Morgan fingerprint density at radius 2 is 2.18 bits per heavy atom. The lowest BCUT2D eigenvalue weighted by atomic mass is 10.1. The number of hydrogen-bond acceptors (Lipinski definition) is 2. The van der Waals surface area contributed by atoms with Crippen molar-refractivity contribution in [2.75, 3.05) is 17.6 Å². The Balaban J connectivity index is 1.89. The Kier molecular flexibility index (Phi) is 5.18. The molecule has 0 aromatic heterocycles. The van der Waals surface area contributed by atoms with Gasteiger partial charge in [0.15, 0.2) is 0 Å². The van der Waals surface area contributed by atoms with Crippen molar-refractivity contribution in [1.82, 2.24) is 0 Å². The van der Waals surface area contributed by atoms with E-state index in [0.717, 1.165) is 29.4 Å². The highest BCUT2D eigenvalue weighted by Gasteiger charge is 2.18. The molecular weight excluding hydrogens is 334 g/mol. The zero-order chi connectivity index (χ0) is 12.1. The summed E-state index contributed by atoms with van der Waals surface area (Å²) in [6.07, 6.45) is 2.47. The molecule has 0 N–H and O–H groups in total. The fourth-order valence-electron chi connectivity index (χ4n) is 1.91. The zero-order valence-electron chi connectivity index (χ0n) is 9.57. The molecule has 94 valence electrons. The first-order valence-electron chi connectivity index (χ1n) is 5.84. The topological polar surface area (TPSA) is 18.5 Å². The summed E-state index contributed by atoms with van der Waals surface area (Å²) in [4.78, 5) is 0. The van der Waals surface area contributed by atoms with Crippen molar-refractivity contribution < 1.29 is 13.9 Å². The van der Waals surface area contributed by atoms with Crippen molar-refractivity contribution >= 4 is 22.6 Å². The predicted molar refractivity (Wildman–Crippen MR) is 73.0 cm³/mol. The van der Waals surface area contributed by atoms with Gasteiger partial charge in [-0.2, -0.15) is 0 Å². The van der Waals surface area contributed by atoms with E-state index in [9.17, 15) is 4.39 Å². The second-order valence-corrected chi connectivity index (χ2v) is 5.04. The standard InChI is InChI=1S/C13H16FIO2/c14-11-5-3-10(4-6-11)13(8-15)17-9-12-2-1-7-16-12/h3-6,12-13H,1-2,7-9H2. The average Bonchev–Trinajstić information content (AvgIpc) is 2.85. The maximum absolute atomic E-state index is 12.8. The summed E-state index contributed by atoms with van der Waals surface area (Å²) in [6.45, 7) is 1.48. The molecule has 1 aromatic rings. The van der Waals surface area contributed by atoms with Crippen molar-refractivity contribution in [2.24, 2.45) is 0 Å². The van der Waals surface area contributed by atoms with Crippen LogP contribution in [0, 0.1) is 5.82 Å². The normalized spacial score (nSPS) is 21.6. The van der Waals surface area contributed by atoms with Gasteiger partial charge in [0, 0.05) is 11.0 Å². The SMILES string of the molecule is Fc1ccc(C(CI)OCC2CCCO2)cc1. The first-order chi connectivity index (χ1) is 8.29. The molecule has 0 spiro atoms. The Hall–Kier alpha value is -0.200. The number of hydrogen-bond donors (Lipinski definition) is 0. The van der Waals surface area contributed by atoms with E-state index in [1.165, 1.54) is 12.1 Å². The molecule has 0 bridgehead atoms. The van der Waals surface area contributed by atoms with Crippen molar-refractivity contribution in [2.45, 2.75) is 25.0 Å². The van der Waals surface area contributed by atoms with E-state index in [1.54, 1.807) is 12.1 Å². The van der Waals surface area contributed by atoms with Crippen LogP contribution >= 0.6 is 22.6 Å². The summed E-state index contributed by atoms with van der Waals surface area (Å²) in [5.41, 5.74) is 1.03. The Morgan fingerprint density at radius 3 is 2.76 bits per heavy atom. The van der Waals surface area contributed by atoms with Crippen LogP contribution in [-0.4, -0.2) is 23.7 Å². The van der Waals surface area contributed by atoms with Crippen LogP contribution in [-0.2, 0) is 9.47 Å². The first-order valence-corrected chi connectivity index (χ1v) is 7.37. The van der Waals surface area contributed by atoms with Crippen LogP contribution in [0.15, 0.2) is 24.3 Å². The molecule has 1 aliphatic rings. The van der Waals surface area contributed by atoms with Gasteiger partial charge in [-0.1, -0.05) is 34.7 Å². The highest BCUT2D eigenvalue weighted by Crippen LogP contribution is 2.22. The van der Waals surface area contributed by atoms with E-state index in [-0.39, 0.29) is 18.0 Å². The zero-order valence-corrected chi connectivity index (χ0v) is 11.7. The molecule has 4 heteroatoms. The lowest BCUT2D eigenvalue weighted by molar-refractivity contribution is -0.0122. The molecule has 17 heavy (non-hydrogen) atoms. The third kappa shape index (κ3) is 3.89. The summed E-state index contributed by atoms with van der Waals surface area (Å²) in [6, 6.07) is 6.52. The summed E-state index contributed by atoms with van der Waals surface area (Å²) < 4.78 is 25.0. The van der Waals surface area contributed by atoms with Gasteiger partial charge in [-0.25, -0.2) is 4.39 Å². The fraction of sp³-hybridized carbons (Fsp3) is 0.538. The molecule has 1 aliphatic heterocycles. The third-order valence-electron chi connectivity index (χ3n) is 2.89. The predicted octanol–water partition coefficient (Wildman–Crippen LogP) is 3.50. The Labute approximate surface area is 115 Å². The number of ether oxygens (including phenoxy) is 2. The smallest absolute Gasteiger partial charge is 0.123 e. The Morgan fingerprint density at radius 1 is 1.41 bits per heavy atom. The number of benzene rings is 1. The molecule has 2 rings (SSSR count). The first kappa shape index (κ1) is 13.2. The molecule has 0 aliphatic carbocycles.